The molecule has 0 radical (unpaired) electrons. The molecule has 28 heavy (non-hydrogen) atoms. The molecule has 1 aromatic carbocycles. The van der Waals surface area contributed by atoms with Crippen LogP contribution in [0, 0.1) is 6.92 Å². The van der Waals surface area contributed by atoms with Gasteiger partial charge in [0.05, 0.1) is 12.1 Å². The summed E-state index contributed by atoms with van der Waals surface area (Å²) in [6.45, 7) is 6.25. The Kier molecular flexibility index (Phi) is 6.30. The molecule has 0 unspecified atom stereocenters. The molecular weight excluding hydrogens is 378 g/mol. The zero-order valence-corrected chi connectivity index (χ0v) is 17.5. The summed E-state index contributed by atoms with van der Waals surface area (Å²) in [5.41, 5.74) is 1.05. The van der Waals surface area contributed by atoms with Gasteiger partial charge in [0.1, 0.15) is 17.9 Å². The van der Waals surface area contributed by atoms with E-state index in [-0.39, 0.29) is 18.4 Å². The molecule has 0 aliphatic carbocycles. The number of hydrogen-bond donors (Lipinski definition) is 1. The Balaban J connectivity index is 1.84. The quantitative estimate of drug-likeness (QED) is 0.836. The fourth-order valence-corrected chi connectivity index (χ4v) is 3.78. The van der Waals surface area contributed by atoms with Crippen molar-refractivity contribution in [3.63, 3.8) is 0 Å². The van der Waals surface area contributed by atoms with Crippen molar-refractivity contribution in [3.05, 3.63) is 40.4 Å². The van der Waals surface area contributed by atoms with Crippen LogP contribution in [0.3, 0.4) is 0 Å². The number of carbonyl (C=O) groups is 2. The van der Waals surface area contributed by atoms with Crippen LogP contribution in [-0.2, 0) is 4.79 Å². The first-order valence-electron chi connectivity index (χ1n) is 9.64. The number of benzene rings is 1. The lowest BCUT2D eigenvalue weighted by Gasteiger charge is -2.41. The summed E-state index contributed by atoms with van der Waals surface area (Å²) in [5, 5.41) is 3.41. The number of halogens is 1. The Morgan fingerprint density at radius 2 is 2.07 bits per heavy atom. The summed E-state index contributed by atoms with van der Waals surface area (Å²) < 4.78 is 6.44. The van der Waals surface area contributed by atoms with Crippen LogP contribution in [0.4, 0.5) is 0 Å². The number of hydrogen-bond acceptors (Lipinski definition) is 4. The predicted molar refractivity (Wildman–Crippen MR) is 110 cm³/mol. The molecule has 2 aliphatic rings. The van der Waals surface area contributed by atoms with E-state index in [1.54, 1.807) is 17.9 Å². The minimum atomic E-state index is -0.463. The van der Waals surface area contributed by atoms with Crippen LogP contribution in [0.15, 0.2) is 29.3 Å². The third-order valence-electron chi connectivity index (χ3n) is 5.37. The first-order chi connectivity index (χ1) is 13.3. The topological polar surface area (TPSA) is 61.9 Å². The average Bonchev–Trinajstić information content (AvgIpc) is 2.74. The van der Waals surface area contributed by atoms with E-state index in [0.29, 0.717) is 29.4 Å². The molecule has 0 bridgehead atoms. The van der Waals surface area contributed by atoms with E-state index in [0.717, 1.165) is 31.5 Å². The Bertz CT molecular complexity index is 781. The fraction of sp³-hybridized carbons (Fsp3) is 0.524. The van der Waals surface area contributed by atoms with E-state index in [4.69, 9.17) is 16.3 Å². The maximum Gasteiger partial charge on any atom is 0.258 e. The smallest absolute Gasteiger partial charge is 0.258 e. The van der Waals surface area contributed by atoms with E-state index < -0.39 is 5.60 Å². The number of aryl methyl sites for hydroxylation is 1. The van der Waals surface area contributed by atoms with Gasteiger partial charge in [-0.3, -0.25) is 9.59 Å². The molecule has 0 saturated carbocycles. The highest BCUT2D eigenvalue weighted by molar-refractivity contribution is 6.29. The second kappa shape index (κ2) is 8.53. The normalized spacial score (nSPS) is 19.8. The fourth-order valence-electron chi connectivity index (χ4n) is 3.70. The average molecular weight is 406 g/mol. The van der Waals surface area contributed by atoms with Gasteiger partial charge in [0.15, 0.2) is 0 Å². The molecular formula is C21H28ClN3O3. The molecule has 2 heterocycles. The zero-order chi connectivity index (χ0) is 20.3. The zero-order valence-electron chi connectivity index (χ0n) is 16.8. The highest BCUT2D eigenvalue weighted by Crippen LogP contribution is 2.35. The molecule has 0 aromatic heterocycles. The van der Waals surface area contributed by atoms with E-state index in [2.05, 4.69) is 17.3 Å². The van der Waals surface area contributed by atoms with Gasteiger partial charge in [0.2, 0.25) is 5.91 Å². The number of nitrogens with one attached hydrogen (secondary N) is 1. The third-order valence-corrected chi connectivity index (χ3v) is 5.53. The van der Waals surface area contributed by atoms with Crippen molar-refractivity contribution in [3.8, 4) is 5.75 Å². The Morgan fingerprint density at radius 3 is 2.75 bits per heavy atom. The summed E-state index contributed by atoms with van der Waals surface area (Å²) in [4.78, 5) is 29.5. The Hall–Kier alpha value is -2.05. The minimum absolute atomic E-state index is 0.00232. The van der Waals surface area contributed by atoms with Gasteiger partial charge in [-0.1, -0.05) is 29.3 Å². The van der Waals surface area contributed by atoms with Gasteiger partial charge in [0.25, 0.3) is 5.91 Å². The molecule has 1 spiro atoms. The van der Waals surface area contributed by atoms with Gasteiger partial charge in [-0.15, -0.1) is 0 Å². The summed E-state index contributed by atoms with van der Waals surface area (Å²) in [6.07, 6.45) is 3.36. The number of nitrogens with zero attached hydrogens (tertiary/aromatic N) is 2. The van der Waals surface area contributed by atoms with Gasteiger partial charge < -0.3 is 19.9 Å². The van der Waals surface area contributed by atoms with Crippen molar-refractivity contribution in [2.45, 2.75) is 32.3 Å². The molecule has 2 aliphatic heterocycles. The van der Waals surface area contributed by atoms with Crippen LogP contribution in [0.1, 0.15) is 35.7 Å². The molecule has 3 rings (SSSR count). The van der Waals surface area contributed by atoms with Gasteiger partial charge >= 0.3 is 0 Å². The van der Waals surface area contributed by atoms with E-state index in [1.165, 1.54) is 0 Å². The predicted octanol–water partition coefficient (Wildman–Crippen LogP) is 2.55. The second-order valence-corrected chi connectivity index (χ2v) is 8.44. The Morgan fingerprint density at radius 1 is 1.36 bits per heavy atom. The Labute approximate surface area is 171 Å². The van der Waals surface area contributed by atoms with E-state index in [9.17, 15) is 9.59 Å². The van der Waals surface area contributed by atoms with Crippen LogP contribution in [0.5, 0.6) is 5.75 Å². The van der Waals surface area contributed by atoms with Crippen molar-refractivity contribution in [2.75, 3.05) is 39.8 Å². The highest BCUT2D eigenvalue weighted by Gasteiger charge is 2.42. The molecule has 6 nitrogen and oxygen atoms in total. The minimum Gasteiger partial charge on any atom is -0.484 e. The molecule has 7 heteroatoms. The maximum absolute atomic E-state index is 13.2. The van der Waals surface area contributed by atoms with Crippen LogP contribution in [0.2, 0.25) is 0 Å². The highest BCUT2D eigenvalue weighted by atomic mass is 35.5. The van der Waals surface area contributed by atoms with Crippen molar-refractivity contribution in [1.82, 2.24) is 15.1 Å². The monoisotopic (exact) mass is 405 g/mol. The number of piperidine rings is 1. The first kappa shape index (κ1) is 20.7. The molecule has 1 aromatic rings. The largest absolute Gasteiger partial charge is 0.484 e. The molecule has 1 saturated heterocycles. The van der Waals surface area contributed by atoms with Gasteiger partial charge in [-0.05, 0) is 33.0 Å². The van der Waals surface area contributed by atoms with Crippen molar-refractivity contribution < 1.29 is 14.3 Å². The van der Waals surface area contributed by atoms with E-state index in [1.807, 2.05) is 25.1 Å². The summed E-state index contributed by atoms with van der Waals surface area (Å²) in [6, 6.07) is 5.67. The third kappa shape index (κ3) is 4.86. The van der Waals surface area contributed by atoms with Gasteiger partial charge in [-0.2, -0.15) is 0 Å². The molecule has 2 amide bonds. The van der Waals surface area contributed by atoms with Crippen molar-refractivity contribution in [1.29, 1.82) is 0 Å². The standard InChI is InChI=1S/C21H28ClN3O3/c1-15-4-5-18-17(12-15)20(27)25(13-19(26)23-9-6-16(2)22)14-21(28-18)7-10-24(3)11-8-21/h4-6,12H,7-11,13-14H2,1-3H3,(H,23,26)/b16-6-. The van der Waals surface area contributed by atoms with Crippen LogP contribution < -0.4 is 10.1 Å². The number of carbonyl (C=O) groups excluding carboxylic acids is 2. The van der Waals surface area contributed by atoms with Crippen LogP contribution in [0.25, 0.3) is 0 Å². The second-order valence-electron chi connectivity index (χ2n) is 7.84. The number of rotatable bonds is 4. The maximum atomic E-state index is 13.2. The van der Waals surface area contributed by atoms with Crippen molar-refractivity contribution in [2.24, 2.45) is 0 Å². The number of fused-ring (bicyclic) bond motifs is 1. The summed E-state index contributed by atoms with van der Waals surface area (Å²) in [7, 11) is 2.09. The first-order valence-corrected chi connectivity index (χ1v) is 10.0. The number of ether oxygens (including phenoxy) is 1. The number of allylic oxidation sites excluding steroid dienone is 1. The molecule has 1 fully saturated rings. The summed E-state index contributed by atoms with van der Waals surface area (Å²) in [5.74, 6) is 0.249. The lowest BCUT2D eigenvalue weighted by molar-refractivity contribution is -0.122. The van der Waals surface area contributed by atoms with Gasteiger partial charge in [0, 0.05) is 37.5 Å². The summed E-state index contributed by atoms with van der Waals surface area (Å²) >= 11 is 5.80. The van der Waals surface area contributed by atoms with Crippen molar-refractivity contribution >= 4 is 23.4 Å². The van der Waals surface area contributed by atoms with E-state index >= 15 is 0 Å². The number of likely N-dealkylation sites (tertiary alicyclic amines) is 1. The lowest BCUT2D eigenvalue weighted by Crippen LogP contribution is -2.54. The molecule has 152 valence electrons. The SMILES string of the molecule is C/C(Cl)=C/CNC(=O)CN1CC2(CCN(C)CC2)Oc2ccc(C)cc2C1=O. The molecule has 1 N–H and O–H groups in total. The van der Waals surface area contributed by atoms with Crippen LogP contribution in [-0.4, -0.2) is 67.0 Å². The number of amides is 2. The van der Waals surface area contributed by atoms with Gasteiger partial charge in [-0.25, -0.2) is 0 Å². The van der Waals surface area contributed by atoms with Crippen LogP contribution >= 0.6 is 11.6 Å². The lowest BCUT2D eigenvalue weighted by atomic mass is 9.90. The molecule has 0 atom stereocenters.